The molecule has 33 heavy (non-hydrogen) atoms. The van der Waals surface area contributed by atoms with Gasteiger partial charge in [0.05, 0.1) is 15.6 Å². The van der Waals surface area contributed by atoms with Crippen LogP contribution in [-0.2, 0) is 9.59 Å². The number of nitrogens with zero attached hydrogens (tertiary/aromatic N) is 4. The number of likely N-dealkylation sites (tertiary alicyclic amines) is 1. The van der Waals surface area contributed by atoms with Gasteiger partial charge in [-0.2, -0.15) is 5.11 Å². The molecule has 8 nitrogen and oxygen atoms in total. The van der Waals surface area contributed by atoms with Crippen molar-refractivity contribution in [2.75, 3.05) is 19.6 Å². The fourth-order valence-electron chi connectivity index (χ4n) is 3.37. The fraction of sp³-hybridized carbons (Fsp3) is 0.227. The predicted molar refractivity (Wildman–Crippen MR) is 127 cm³/mol. The molecular weight excluding hydrogens is 487 g/mol. The number of phenols is 1. The molecule has 3 amide bonds. The minimum Gasteiger partial charge on any atom is -0.507 e. The van der Waals surface area contributed by atoms with Crippen LogP contribution in [0.1, 0.15) is 18.4 Å². The smallest absolute Gasteiger partial charge is 0.294 e. The van der Waals surface area contributed by atoms with E-state index in [1.54, 1.807) is 29.2 Å². The van der Waals surface area contributed by atoms with Gasteiger partial charge in [-0.3, -0.25) is 19.3 Å². The number of imide groups is 1. The van der Waals surface area contributed by atoms with Gasteiger partial charge in [0.15, 0.2) is 0 Å². The molecule has 2 aliphatic rings. The van der Waals surface area contributed by atoms with Crippen molar-refractivity contribution in [1.82, 2.24) is 9.80 Å². The van der Waals surface area contributed by atoms with E-state index in [-0.39, 0.29) is 28.7 Å². The standard InChI is InChI=1S/C22H18Cl2N4O4S/c23-14-3-5-17(16(24)11-14)26-25-15-4-6-18(29)13(9-15)10-19-21(31)28(22(32)33-19)12-20(30)27-7-1-2-8-27/h3-6,9-11,29H,1-2,7-8,12H2/b19-10-,26-25?. The number of rotatable bonds is 5. The van der Waals surface area contributed by atoms with E-state index < -0.39 is 11.1 Å². The molecule has 0 spiro atoms. The predicted octanol–water partition coefficient (Wildman–Crippen LogP) is 5.77. The highest BCUT2D eigenvalue weighted by molar-refractivity contribution is 8.18. The monoisotopic (exact) mass is 504 g/mol. The average molecular weight is 505 g/mol. The third-order valence-electron chi connectivity index (χ3n) is 5.11. The highest BCUT2D eigenvalue weighted by Gasteiger charge is 2.37. The summed E-state index contributed by atoms with van der Waals surface area (Å²) < 4.78 is 0. The van der Waals surface area contributed by atoms with Crippen LogP contribution in [-0.4, -0.2) is 51.6 Å². The van der Waals surface area contributed by atoms with Crippen LogP contribution in [0.3, 0.4) is 0 Å². The molecule has 2 aliphatic heterocycles. The second-order valence-electron chi connectivity index (χ2n) is 7.39. The Hall–Kier alpha value is -2.88. The van der Waals surface area contributed by atoms with Crippen molar-refractivity contribution >= 4 is 69.5 Å². The summed E-state index contributed by atoms with van der Waals surface area (Å²) in [4.78, 5) is 40.1. The molecule has 0 bridgehead atoms. The van der Waals surface area contributed by atoms with Crippen LogP contribution in [0.4, 0.5) is 16.2 Å². The third-order valence-corrected chi connectivity index (χ3v) is 6.55. The van der Waals surface area contributed by atoms with Gasteiger partial charge in [-0.1, -0.05) is 23.2 Å². The Morgan fingerprint density at radius 3 is 2.58 bits per heavy atom. The lowest BCUT2D eigenvalue weighted by molar-refractivity contribution is -0.135. The molecule has 170 valence electrons. The van der Waals surface area contributed by atoms with Gasteiger partial charge < -0.3 is 10.0 Å². The van der Waals surface area contributed by atoms with Gasteiger partial charge in [-0.15, -0.1) is 5.11 Å². The largest absolute Gasteiger partial charge is 0.507 e. The van der Waals surface area contributed by atoms with Crippen molar-refractivity contribution in [3.8, 4) is 5.75 Å². The Kier molecular flexibility index (Phi) is 7.02. The summed E-state index contributed by atoms with van der Waals surface area (Å²) >= 11 is 12.7. The number of thioether (sulfide) groups is 1. The van der Waals surface area contributed by atoms with Gasteiger partial charge in [-0.05, 0) is 67.1 Å². The van der Waals surface area contributed by atoms with Crippen LogP contribution >= 0.6 is 35.0 Å². The second kappa shape index (κ2) is 9.94. The van der Waals surface area contributed by atoms with Crippen molar-refractivity contribution in [3.63, 3.8) is 0 Å². The average Bonchev–Trinajstić information content (AvgIpc) is 3.40. The molecular formula is C22H18Cl2N4O4S. The number of halogens is 2. The Balaban J connectivity index is 1.52. The van der Waals surface area contributed by atoms with E-state index in [0.717, 1.165) is 29.5 Å². The lowest BCUT2D eigenvalue weighted by Crippen LogP contribution is -2.40. The van der Waals surface area contributed by atoms with E-state index in [1.807, 2.05) is 0 Å². The SMILES string of the molecule is O=C(CN1C(=O)S/C(=C\c2cc(N=Nc3ccc(Cl)cc3Cl)ccc2O)C1=O)N1CCCC1. The molecule has 11 heteroatoms. The molecule has 2 aromatic rings. The number of carbonyl (C=O) groups is 3. The molecule has 4 rings (SSSR count). The molecule has 2 aromatic carbocycles. The molecule has 2 fully saturated rings. The van der Waals surface area contributed by atoms with Gasteiger partial charge in [0.2, 0.25) is 5.91 Å². The second-order valence-corrected chi connectivity index (χ2v) is 9.23. The maximum absolute atomic E-state index is 12.7. The molecule has 0 radical (unpaired) electrons. The van der Waals surface area contributed by atoms with E-state index in [4.69, 9.17) is 23.2 Å². The van der Waals surface area contributed by atoms with Gasteiger partial charge in [0.25, 0.3) is 11.1 Å². The zero-order chi connectivity index (χ0) is 23.5. The molecule has 1 N–H and O–H groups in total. The summed E-state index contributed by atoms with van der Waals surface area (Å²) in [6.07, 6.45) is 3.24. The van der Waals surface area contributed by atoms with E-state index in [9.17, 15) is 19.5 Å². The van der Waals surface area contributed by atoms with Crippen LogP contribution in [0.15, 0.2) is 51.5 Å². The maximum Gasteiger partial charge on any atom is 0.294 e. The molecule has 2 heterocycles. The quantitative estimate of drug-likeness (QED) is 0.410. The Morgan fingerprint density at radius 2 is 1.85 bits per heavy atom. The minimum atomic E-state index is -0.572. The van der Waals surface area contributed by atoms with Crippen molar-refractivity contribution < 1.29 is 19.5 Å². The third kappa shape index (κ3) is 5.38. The van der Waals surface area contributed by atoms with E-state index in [0.29, 0.717) is 34.5 Å². The molecule has 0 atom stereocenters. The minimum absolute atomic E-state index is 0.0987. The molecule has 0 aliphatic carbocycles. The topological polar surface area (TPSA) is 103 Å². The van der Waals surface area contributed by atoms with Crippen LogP contribution in [0.25, 0.3) is 6.08 Å². The molecule has 2 saturated heterocycles. The highest BCUT2D eigenvalue weighted by atomic mass is 35.5. The Morgan fingerprint density at radius 1 is 1.09 bits per heavy atom. The number of benzene rings is 2. The highest BCUT2D eigenvalue weighted by Crippen LogP contribution is 2.35. The first-order valence-electron chi connectivity index (χ1n) is 10.0. The first-order valence-corrected chi connectivity index (χ1v) is 11.6. The van der Waals surface area contributed by atoms with Crippen LogP contribution in [0.5, 0.6) is 5.75 Å². The fourth-order valence-corrected chi connectivity index (χ4v) is 4.65. The van der Waals surface area contributed by atoms with E-state index in [1.165, 1.54) is 18.2 Å². The number of amides is 3. The number of azo groups is 1. The summed E-state index contributed by atoms with van der Waals surface area (Å²) in [5, 5.41) is 18.7. The summed E-state index contributed by atoms with van der Waals surface area (Å²) in [6.45, 7) is 0.993. The van der Waals surface area contributed by atoms with E-state index in [2.05, 4.69) is 10.2 Å². The van der Waals surface area contributed by atoms with Gasteiger partial charge in [0.1, 0.15) is 18.0 Å². The molecule has 0 saturated carbocycles. The van der Waals surface area contributed by atoms with Crippen molar-refractivity contribution in [2.24, 2.45) is 10.2 Å². The van der Waals surface area contributed by atoms with Gasteiger partial charge in [0, 0.05) is 23.7 Å². The summed E-state index contributed by atoms with van der Waals surface area (Å²) in [6, 6.07) is 9.27. The number of carbonyl (C=O) groups excluding carboxylic acids is 3. The Bertz CT molecular complexity index is 1190. The van der Waals surface area contributed by atoms with Crippen molar-refractivity contribution in [3.05, 3.63) is 56.9 Å². The molecule has 0 unspecified atom stereocenters. The van der Waals surface area contributed by atoms with Gasteiger partial charge >= 0.3 is 0 Å². The lowest BCUT2D eigenvalue weighted by Gasteiger charge is -2.18. The zero-order valence-corrected chi connectivity index (χ0v) is 19.5. The molecule has 0 aromatic heterocycles. The zero-order valence-electron chi connectivity index (χ0n) is 17.2. The first kappa shape index (κ1) is 23.3. The van der Waals surface area contributed by atoms with Gasteiger partial charge in [-0.25, -0.2) is 0 Å². The first-order chi connectivity index (χ1) is 15.8. The number of hydrogen-bond donors (Lipinski definition) is 1. The van der Waals surface area contributed by atoms with Crippen LogP contribution in [0.2, 0.25) is 10.0 Å². The lowest BCUT2D eigenvalue weighted by atomic mass is 10.1. The summed E-state index contributed by atoms with van der Waals surface area (Å²) in [7, 11) is 0. The summed E-state index contributed by atoms with van der Waals surface area (Å²) in [5.74, 6) is -0.919. The normalized spacial score (nSPS) is 17.7. The van der Waals surface area contributed by atoms with Crippen molar-refractivity contribution in [2.45, 2.75) is 12.8 Å². The Labute approximate surface area is 203 Å². The number of phenolic OH excluding ortho intramolecular Hbond substituents is 1. The summed E-state index contributed by atoms with van der Waals surface area (Å²) in [5.41, 5.74) is 1.10. The number of hydrogen-bond acceptors (Lipinski definition) is 7. The maximum atomic E-state index is 12.7. The van der Waals surface area contributed by atoms with Crippen LogP contribution < -0.4 is 0 Å². The number of aromatic hydroxyl groups is 1. The van der Waals surface area contributed by atoms with E-state index >= 15 is 0 Å². The van der Waals surface area contributed by atoms with Crippen LogP contribution in [0, 0.1) is 0 Å². The van der Waals surface area contributed by atoms with Crippen molar-refractivity contribution in [1.29, 1.82) is 0 Å².